The molecule has 154 valence electrons. The summed E-state index contributed by atoms with van der Waals surface area (Å²) in [6.45, 7) is 0.790. The maximum absolute atomic E-state index is 13.6. The summed E-state index contributed by atoms with van der Waals surface area (Å²) >= 11 is 3.30. The average molecular weight is 472 g/mol. The zero-order valence-corrected chi connectivity index (χ0v) is 16.8. The first-order chi connectivity index (χ1) is 13.7. The minimum atomic E-state index is -1.71. The van der Waals surface area contributed by atoms with Gasteiger partial charge < -0.3 is 16.0 Å². The van der Waals surface area contributed by atoms with Gasteiger partial charge in [-0.15, -0.1) is 0 Å². The van der Waals surface area contributed by atoms with Gasteiger partial charge in [0, 0.05) is 11.4 Å². The number of carbonyl (C=O) groups excluding carboxylic acids is 3. The molecule has 29 heavy (non-hydrogen) atoms. The number of carbonyl (C=O) groups is 3. The number of rotatable bonds is 7. The van der Waals surface area contributed by atoms with Crippen LogP contribution in [0.3, 0.4) is 0 Å². The van der Waals surface area contributed by atoms with Gasteiger partial charge in [-0.25, -0.2) is 13.2 Å². The minimum absolute atomic E-state index is 0.145. The molecule has 0 saturated heterocycles. The van der Waals surface area contributed by atoms with E-state index in [9.17, 15) is 27.6 Å². The molecule has 0 heterocycles. The zero-order valence-electron chi connectivity index (χ0n) is 15.2. The predicted octanol–water partition coefficient (Wildman–Crippen LogP) is 3.19. The molecule has 1 atom stereocenters. The molecule has 3 amide bonds. The van der Waals surface area contributed by atoms with Crippen LogP contribution in [-0.2, 0) is 14.4 Å². The van der Waals surface area contributed by atoms with Gasteiger partial charge >= 0.3 is 0 Å². The van der Waals surface area contributed by atoms with Crippen LogP contribution in [0.5, 0.6) is 0 Å². The third kappa shape index (κ3) is 6.60. The molecule has 0 aliphatic heterocycles. The van der Waals surface area contributed by atoms with E-state index in [-0.39, 0.29) is 12.3 Å². The quantitative estimate of drug-likeness (QED) is 0.542. The number of nitrogens with one attached hydrogen (secondary N) is 3. The van der Waals surface area contributed by atoms with E-state index < -0.39 is 47.5 Å². The molecule has 0 aliphatic rings. The van der Waals surface area contributed by atoms with Gasteiger partial charge in [-0.3, -0.25) is 14.4 Å². The highest BCUT2D eigenvalue weighted by atomic mass is 79.9. The van der Waals surface area contributed by atoms with Crippen LogP contribution < -0.4 is 16.0 Å². The van der Waals surface area contributed by atoms with Gasteiger partial charge in [-0.1, -0.05) is 28.1 Å². The Labute approximate surface area is 173 Å². The van der Waals surface area contributed by atoms with Crippen LogP contribution in [0.15, 0.2) is 40.9 Å². The smallest absolute Gasteiger partial charge is 0.243 e. The van der Waals surface area contributed by atoms with Gasteiger partial charge in [0.2, 0.25) is 17.7 Å². The molecule has 2 aromatic carbocycles. The summed E-state index contributed by atoms with van der Waals surface area (Å²) in [6, 6.07) is 7.90. The second kappa shape index (κ2) is 10.1. The van der Waals surface area contributed by atoms with E-state index >= 15 is 0 Å². The molecule has 6 nitrogen and oxygen atoms in total. The SMILES string of the molecule is CC(=O)NC(CC(=O)NCC(=O)Nc1ccc(F)c(F)c1F)c1ccc(Br)cc1. The highest BCUT2D eigenvalue weighted by Gasteiger charge is 2.19. The van der Waals surface area contributed by atoms with Gasteiger partial charge in [0.15, 0.2) is 17.5 Å². The topological polar surface area (TPSA) is 87.3 Å². The summed E-state index contributed by atoms with van der Waals surface area (Å²) in [6.07, 6.45) is -0.145. The van der Waals surface area contributed by atoms with Crippen LogP contribution in [-0.4, -0.2) is 24.3 Å². The fourth-order valence-electron chi connectivity index (χ4n) is 2.45. The van der Waals surface area contributed by atoms with Crippen molar-refractivity contribution >= 4 is 39.3 Å². The molecule has 0 radical (unpaired) electrons. The Morgan fingerprint density at radius 3 is 2.24 bits per heavy atom. The van der Waals surface area contributed by atoms with E-state index in [1.165, 1.54) is 6.92 Å². The molecule has 0 aliphatic carbocycles. The molecular formula is C19H17BrF3N3O3. The number of amides is 3. The summed E-state index contributed by atoms with van der Waals surface area (Å²) in [7, 11) is 0. The van der Waals surface area contributed by atoms with Gasteiger partial charge in [-0.2, -0.15) is 0 Å². The third-order valence-electron chi connectivity index (χ3n) is 3.79. The van der Waals surface area contributed by atoms with E-state index in [4.69, 9.17) is 0 Å². The molecule has 0 bridgehead atoms. The standard InChI is InChI=1S/C19H17BrF3N3O3/c1-10(27)25-15(11-2-4-12(20)5-3-11)8-16(28)24-9-17(29)26-14-7-6-13(21)18(22)19(14)23/h2-7,15H,8-9H2,1H3,(H,24,28)(H,25,27)(H,26,29). The third-order valence-corrected chi connectivity index (χ3v) is 4.32. The number of halogens is 4. The Hall–Kier alpha value is -2.88. The largest absolute Gasteiger partial charge is 0.349 e. The molecule has 10 heteroatoms. The van der Waals surface area contributed by atoms with Crippen LogP contribution in [0.25, 0.3) is 0 Å². The fraction of sp³-hybridized carbons (Fsp3) is 0.211. The monoisotopic (exact) mass is 471 g/mol. The van der Waals surface area contributed by atoms with Gasteiger partial charge in [-0.05, 0) is 29.8 Å². The van der Waals surface area contributed by atoms with E-state index in [1.807, 2.05) is 5.32 Å². The Morgan fingerprint density at radius 2 is 1.62 bits per heavy atom. The fourth-order valence-corrected chi connectivity index (χ4v) is 2.71. The van der Waals surface area contributed by atoms with Crippen molar-refractivity contribution in [1.29, 1.82) is 0 Å². The summed E-state index contributed by atoms with van der Waals surface area (Å²) in [5, 5.41) is 7.03. The van der Waals surface area contributed by atoms with Crippen molar-refractivity contribution in [2.75, 3.05) is 11.9 Å². The van der Waals surface area contributed by atoms with E-state index in [0.29, 0.717) is 11.6 Å². The number of anilines is 1. The zero-order chi connectivity index (χ0) is 21.6. The van der Waals surface area contributed by atoms with E-state index in [2.05, 4.69) is 26.6 Å². The van der Waals surface area contributed by atoms with Gasteiger partial charge in [0.05, 0.1) is 24.7 Å². The van der Waals surface area contributed by atoms with E-state index in [0.717, 1.165) is 10.5 Å². The summed E-state index contributed by atoms with van der Waals surface area (Å²) in [4.78, 5) is 35.4. The Bertz CT molecular complexity index is 923. The minimum Gasteiger partial charge on any atom is -0.349 e. The lowest BCUT2D eigenvalue weighted by Crippen LogP contribution is -2.36. The van der Waals surface area contributed by atoms with Crippen LogP contribution in [0, 0.1) is 17.5 Å². The summed E-state index contributed by atoms with van der Waals surface area (Å²) in [5.74, 6) is -6.34. The normalized spacial score (nSPS) is 11.5. The number of benzene rings is 2. The Kier molecular flexibility index (Phi) is 7.77. The molecule has 1 unspecified atom stereocenters. The van der Waals surface area contributed by atoms with Gasteiger partial charge in [0.1, 0.15) is 0 Å². The molecule has 0 saturated carbocycles. The Balaban J connectivity index is 1.94. The van der Waals surface area contributed by atoms with Crippen LogP contribution in [0.1, 0.15) is 24.9 Å². The molecular weight excluding hydrogens is 455 g/mol. The van der Waals surface area contributed by atoms with Crippen molar-refractivity contribution in [1.82, 2.24) is 10.6 Å². The maximum atomic E-state index is 13.6. The highest BCUT2D eigenvalue weighted by Crippen LogP contribution is 2.20. The molecule has 0 fully saturated rings. The van der Waals surface area contributed by atoms with Crippen molar-refractivity contribution < 1.29 is 27.6 Å². The molecule has 2 aromatic rings. The summed E-state index contributed by atoms with van der Waals surface area (Å²) in [5.41, 5.74) is 0.140. The Morgan fingerprint density at radius 1 is 0.966 bits per heavy atom. The number of hydrogen-bond acceptors (Lipinski definition) is 3. The molecule has 0 spiro atoms. The van der Waals surface area contributed by atoms with Crippen molar-refractivity contribution in [3.8, 4) is 0 Å². The number of hydrogen-bond donors (Lipinski definition) is 3. The van der Waals surface area contributed by atoms with E-state index in [1.54, 1.807) is 24.3 Å². The highest BCUT2D eigenvalue weighted by molar-refractivity contribution is 9.10. The first kappa shape index (κ1) is 22.4. The van der Waals surface area contributed by atoms with Crippen LogP contribution in [0.4, 0.5) is 18.9 Å². The summed E-state index contributed by atoms with van der Waals surface area (Å²) < 4.78 is 40.5. The van der Waals surface area contributed by atoms with Crippen molar-refractivity contribution in [2.24, 2.45) is 0 Å². The van der Waals surface area contributed by atoms with Crippen LogP contribution in [0.2, 0.25) is 0 Å². The first-order valence-corrected chi connectivity index (χ1v) is 9.19. The lowest BCUT2D eigenvalue weighted by molar-refractivity contribution is -0.125. The molecule has 3 N–H and O–H groups in total. The van der Waals surface area contributed by atoms with Crippen molar-refractivity contribution in [2.45, 2.75) is 19.4 Å². The van der Waals surface area contributed by atoms with Gasteiger partial charge in [0.25, 0.3) is 0 Å². The average Bonchev–Trinajstić information content (AvgIpc) is 2.66. The first-order valence-electron chi connectivity index (χ1n) is 8.40. The predicted molar refractivity (Wildman–Crippen MR) is 103 cm³/mol. The lowest BCUT2D eigenvalue weighted by Gasteiger charge is -2.18. The second-order valence-corrected chi connectivity index (χ2v) is 6.97. The lowest BCUT2D eigenvalue weighted by atomic mass is 10.0. The molecule has 0 aromatic heterocycles. The maximum Gasteiger partial charge on any atom is 0.243 e. The second-order valence-electron chi connectivity index (χ2n) is 6.06. The molecule has 2 rings (SSSR count). The van der Waals surface area contributed by atoms with Crippen molar-refractivity contribution in [3.05, 3.63) is 63.9 Å². The van der Waals surface area contributed by atoms with Crippen LogP contribution >= 0.6 is 15.9 Å². The van der Waals surface area contributed by atoms with Crippen molar-refractivity contribution in [3.63, 3.8) is 0 Å².